The quantitative estimate of drug-likeness (QED) is 0.569. The number of hydrogen-bond acceptors (Lipinski definition) is 7. The van der Waals surface area contributed by atoms with Gasteiger partial charge in [-0.1, -0.05) is 18.2 Å². The van der Waals surface area contributed by atoms with Gasteiger partial charge in [-0.25, -0.2) is 9.97 Å². The summed E-state index contributed by atoms with van der Waals surface area (Å²) in [6, 6.07) is 14.8. The summed E-state index contributed by atoms with van der Waals surface area (Å²) in [5.74, 6) is 0.862. The van der Waals surface area contributed by atoms with Crippen LogP contribution in [0.1, 0.15) is 11.3 Å². The Kier molecular flexibility index (Phi) is 6.30. The number of esters is 1. The Morgan fingerprint density at radius 3 is 2.37 bits per heavy atom. The first-order valence-corrected chi connectivity index (χ1v) is 8.46. The molecule has 0 unspecified atom stereocenters. The number of likely N-dealkylation sites (N-methyl/N-ethyl adjacent to an activating group) is 1. The first-order chi connectivity index (χ1) is 13.2. The van der Waals surface area contributed by atoms with Crippen LogP contribution in [0.2, 0.25) is 0 Å². The zero-order valence-corrected chi connectivity index (χ0v) is 15.0. The molecule has 0 aliphatic carbocycles. The SMILES string of the molecule is CN(CC(=O)OCc1ccc(OCc2ccccn2)cc1)c1ncccn1. The fraction of sp³-hybridized carbons (Fsp3) is 0.200. The molecule has 7 heteroatoms. The maximum Gasteiger partial charge on any atom is 0.325 e. The van der Waals surface area contributed by atoms with Crippen LogP contribution in [0.25, 0.3) is 0 Å². The van der Waals surface area contributed by atoms with Gasteiger partial charge in [-0.15, -0.1) is 0 Å². The summed E-state index contributed by atoms with van der Waals surface area (Å²) >= 11 is 0. The number of anilines is 1. The lowest BCUT2D eigenvalue weighted by Crippen LogP contribution is -2.28. The predicted octanol–water partition coefficient (Wildman–Crippen LogP) is 2.63. The van der Waals surface area contributed by atoms with Crippen LogP contribution in [0.5, 0.6) is 5.75 Å². The molecule has 0 bridgehead atoms. The number of benzene rings is 1. The molecule has 0 aliphatic heterocycles. The van der Waals surface area contributed by atoms with E-state index in [1.54, 1.807) is 36.6 Å². The molecule has 0 N–H and O–H groups in total. The average Bonchev–Trinajstić information content (AvgIpc) is 2.73. The summed E-state index contributed by atoms with van der Waals surface area (Å²) in [6.07, 6.45) is 4.99. The summed E-state index contributed by atoms with van der Waals surface area (Å²) in [4.78, 5) is 26.0. The van der Waals surface area contributed by atoms with Crippen molar-refractivity contribution in [2.24, 2.45) is 0 Å². The molecule has 0 fully saturated rings. The number of aromatic nitrogens is 3. The van der Waals surface area contributed by atoms with E-state index in [-0.39, 0.29) is 19.1 Å². The molecule has 1 aromatic carbocycles. The van der Waals surface area contributed by atoms with E-state index in [0.717, 1.165) is 17.0 Å². The highest BCUT2D eigenvalue weighted by molar-refractivity contribution is 5.74. The number of nitrogens with zero attached hydrogens (tertiary/aromatic N) is 4. The first-order valence-electron chi connectivity index (χ1n) is 8.46. The monoisotopic (exact) mass is 364 g/mol. The van der Waals surface area contributed by atoms with E-state index in [0.29, 0.717) is 12.6 Å². The third-order valence-electron chi connectivity index (χ3n) is 3.70. The summed E-state index contributed by atoms with van der Waals surface area (Å²) in [5.41, 5.74) is 1.74. The Bertz CT molecular complexity index is 842. The highest BCUT2D eigenvalue weighted by atomic mass is 16.5. The van der Waals surface area contributed by atoms with Crippen molar-refractivity contribution < 1.29 is 14.3 Å². The predicted molar refractivity (Wildman–Crippen MR) is 100 cm³/mol. The third-order valence-corrected chi connectivity index (χ3v) is 3.70. The minimum atomic E-state index is -0.347. The van der Waals surface area contributed by atoms with Crippen molar-refractivity contribution in [2.75, 3.05) is 18.5 Å². The van der Waals surface area contributed by atoms with E-state index >= 15 is 0 Å². The molecule has 27 heavy (non-hydrogen) atoms. The second-order valence-electron chi connectivity index (χ2n) is 5.82. The molecule has 138 valence electrons. The van der Waals surface area contributed by atoms with E-state index in [4.69, 9.17) is 9.47 Å². The van der Waals surface area contributed by atoms with Gasteiger partial charge in [0, 0.05) is 25.6 Å². The lowest BCUT2D eigenvalue weighted by molar-refractivity contribution is -0.143. The van der Waals surface area contributed by atoms with Gasteiger partial charge in [-0.2, -0.15) is 0 Å². The van der Waals surface area contributed by atoms with Crippen LogP contribution >= 0.6 is 0 Å². The zero-order chi connectivity index (χ0) is 18.9. The molecular formula is C20H20N4O3. The van der Waals surface area contributed by atoms with Crippen LogP contribution in [0.15, 0.2) is 67.1 Å². The largest absolute Gasteiger partial charge is 0.487 e. The molecule has 2 heterocycles. The van der Waals surface area contributed by atoms with Crippen LogP contribution in [0.4, 0.5) is 5.95 Å². The van der Waals surface area contributed by atoms with E-state index in [9.17, 15) is 4.79 Å². The number of pyridine rings is 1. The standard InChI is InChI=1S/C20H20N4O3/c1-24(20-22-11-4-12-23-20)13-19(25)27-14-16-6-8-18(9-7-16)26-15-17-5-2-3-10-21-17/h2-12H,13-15H2,1H3. The van der Waals surface area contributed by atoms with Crippen LogP contribution in [0, 0.1) is 0 Å². The van der Waals surface area contributed by atoms with Crippen molar-refractivity contribution in [3.8, 4) is 5.75 Å². The number of carbonyl (C=O) groups excluding carboxylic acids is 1. The zero-order valence-electron chi connectivity index (χ0n) is 15.0. The first kappa shape index (κ1) is 18.3. The van der Waals surface area contributed by atoms with E-state index in [1.165, 1.54) is 0 Å². The molecule has 0 aliphatic rings. The lowest BCUT2D eigenvalue weighted by Gasteiger charge is -2.15. The fourth-order valence-electron chi connectivity index (χ4n) is 2.28. The Hall–Kier alpha value is -3.48. The maximum atomic E-state index is 12.0. The Labute approximate surface area is 157 Å². The Morgan fingerprint density at radius 2 is 1.67 bits per heavy atom. The maximum absolute atomic E-state index is 12.0. The Morgan fingerprint density at radius 1 is 0.926 bits per heavy atom. The highest BCUT2D eigenvalue weighted by Gasteiger charge is 2.10. The van der Waals surface area contributed by atoms with Crippen LogP contribution in [-0.4, -0.2) is 34.5 Å². The molecule has 0 saturated carbocycles. The van der Waals surface area contributed by atoms with Gasteiger partial charge in [0.05, 0.1) is 5.69 Å². The van der Waals surface area contributed by atoms with Gasteiger partial charge in [-0.05, 0) is 35.9 Å². The highest BCUT2D eigenvalue weighted by Crippen LogP contribution is 2.14. The molecule has 0 saturated heterocycles. The van der Waals surface area contributed by atoms with Crippen molar-refractivity contribution in [1.29, 1.82) is 0 Å². The number of ether oxygens (including phenoxy) is 2. The summed E-state index contributed by atoms with van der Waals surface area (Å²) in [6.45, 7) is 0.682. The molecular weight excluding hydrogens is 344 g/mol. The van der Waals surface area contributed by atoms with E-state index < -0.39 is 0 Å². The summed E-state index contributed by atoms with van der Waals surface area (Å²) in [5, 5.41) is 0. The Balaban J connectivity index is 1.43. The smallest absolute Gasteiger partial charge is 0.325 e. The average molecular weight is 364 g/mol. The fourth-order valence-corrected chi connectivity index (χ4v) is 2.28. The van der Waals surface area contributed by atoms with Gasteiger partial charge in [0.15, 0.2) is 0 Å². The van der Waals surface area contributed by atoms with Crippen LogP contribution in [0.3, 0.4) is 0 Å². The topological polar surface area (TPSA) is 77.4 Å². The number of hydrogen-bond donors (Lipinski definition) is 0. The second-order valence-corrected chi connectivity index (χ2v) is 5.82. The molecule has 3 rings (SSSR count). The molecule has 2 aromatic heterocycles. The van der Waals surface area contributed by atoms with Crippen molar-refractivity contribution >= 4 is 11.9 Å². The van der Waals surface area contributed by atoms with E-state index in [1.807, 2.05) is 42.5 Å². The van der Waals surface area contributed by atoms with E-state index in [2.05, 4.69) is 15.0 Å². The van der Waals surface area contributed by atoms with Crippen molar-refractivity contribution in [1.82, 2.24) is 15.0 Å². The third kappa shape index (κ3) is 5.78. The molecule has 0 amide bonds. The second kappa shape index (κ2) is 9.28. The molecule has 0 atom stereocenters. The van der Waals surface area contributed by atoms with Crippen LogP contribution < -0.4 is 9.64 Å². The van der Waals surface area contributed by atoms with Gasteiger partial charge in [0.2, 0.25) is 5.95 Å². The van der Waals surface area contributed by atoms with Crippen molar-refractivity contribution in [3.63, 3.8) is 0 Å². The van der Waals surface area contributed by atoms with Crippen LogP contribution in [-0.2, 0) is 22.7 Å². The lowest BCUT2D eigenvalue weighted by atomic mass is 10.2. The summed E-state index contributed by atoms with van der Waals surface area (Å²) in [7, 11) is 1.74. The number of rotatable bonds is 8. The number of carbonyl (C=O) groups is 1. The van der Waals surface area contributed by atoms with Gasteiger partial charge in [0.25, 0.3) is 0 Å². The minimum absolute atomic E-state index is 0.0787. The summed E-state index contributed by atoms with van der Waals surface area (Å²) < 4.78 is 11.0. The van der Waals surface area contributed by atoms with Crippen molar-refractivity contribution in [3.05, 3.63) is 78.4 Å². The van der Waals surface area contributed by atoms with Crippen molar-refractivity contribution in [2.45, 2.75) is 13.2 Å². The molecule has 0 radical (unpaired) electrons. The normalized spacial score (nSPS) is 10.3. The van der Waals surface area contributed by atoms with Gasteiger partial charge in [0.1, 0.15) is 25.5 Å². The molecule has 7 nitrogen and oxygen atoms in total. The van der Waals surface area contributed by atoms with Gasteiger partial charge < -0.3 is 14.4 Å². The minimum Gasteiger partial charge on any atom is -0.487 e. The van der Waals surface area contributed by atoms with Gasteiger partial charge >= 0.3 is 5.97 Å². The molecule has 3 aromatic rings. The molecule has 0 spiro atoms. The van der Waals surface area contributed by atoms with Gasteiger partial charge in [-0.3, -0.25) is 9.78 Å².